The molecule has 0 aliphatic rings. The zero-order valence-electron chi connectivity index (χ0n) is 8.54. The molecule has 0 spiro atoms. The third kappa shape index (κ3) is 3.03. The van der Waals surface area contributed by atoms with Gasteiger partial charge < -0.3 is 10.2 Å². The van der Waals surface area contributed by atoms with Crippen molar-refractivity contribution in [2.45, 2.75) is 13.5 Å². The third-order valence-electron chi connectivity index (χ3n) is 1.81. The Morgan fingerprint density at radius 3 is 2.77 bits per heavy atom. The molecule has 0 saturated heterocycles. The molecule has 0 atom stereocenters. The lowest BCUT2D eigenvalue weighted by Gasteiger charge is -2.12. The van der Waals surface area contributed by atoms with Crippen LogP contribution in [0.2, 0.25) is 0 Å². The van der Waals surface area contributed by atoms with Crippen molar-refractivity contribution in [3.8, 4) is 0 Å². The molecule has 1 aromatic heterocycles. The fourth-order valence-corrected chi connectivity index (χ4v) is 1.07. The number of anilines is 1. The molecule has 1 rings (SSSR count). The molecule has 72 valence electrons. The Morgan fingerprint density at radius 1 is 1.38 bits per heavy atom. The minimum atomic E-state index is 0.845. The van der Waals surface area contributed by atoms with Gasteiger partial charge in [-0.25, -0.2) is 4.98 Å². The van der Waals surface area contributed by atoms with E-state index in [1.54, 1.807) is 0 Å². The highest BCUT2D eigenvalue weighted by molar-refractivity contribution is 5.36. The normalized spacial score (nSPS) is 10.1. The number of hydrogen-bond donors (Lipinski definition) is 1. The molecule has 0 saturated carbocycles. The molecule has 0 unspecified atom stereocenters. The second-order valence-electron chi connectivity index (χ2n) is 3.16. The highest BCUT2D eigenvalue weighted by Crippen LogP contribution is 2.07. The first-order chi connectivity index (χ1) is 6.24. The van der Waals surface area contributed by atoms with Gasteiger partial charge in [0.15, 0.2) is 0 Å². The molecule has 1 aromatic rings. The van der Waals surface area contributed by atoms with Gasteiger partial charge in [-0.3, -0.25) is 0 Å². The van der Waals surface area contributed by atoms with Crippen molar-refractivity contribution in [2.24, 2.45) is 0 Å². The Labute approximate surface area is 79.8 Å². The summed E-state index contributed by atoms with van der Waals surface area (Å²) in [5.74, 6) is 1.01. The predicted octanol–water partition coefficient (Wildman–Crippen LogP) is 1.26. The highest BCUT2D eigenvalue weighted by Gasteiger charge is 1.97. The van der Waals surface area contributed by atoms with E-state index in [9.17, 15) is 0 Å². The van der Waals surface area contributed by atoms with E-state index in [1.165, 1.54) is 0 Å². The number of pyridine rings is 1. The van der Waals surface area contributed by atoms with Gasteiger partial charge in [-0.05, 0) is 18.7 Å². The minimum absolute atomic E-state index is 0.845. The van der Waals surface area contributed by atoms with Crippen LogP contribution in [0.1, 0.15) is 12.6 Å². The second-order valence-corrected chi connectivity index (χ2v) is 3.16. The summed E-state index contributed by atoms with van der Waals surface area (Å²) >= 11 is 0. The van der Waals surface area contributed by atoms with Crippen LogP contribution in [-0.2, 0) is 6.54 Å². The molecule has 3 heteroatoms. The molecular formula is C10H17N3. The van der Waals surface area contributed by atoms with E-state index in [0.717, 1.165) is 24.6 Å². The monoisotopic (exact) mass is 179 g/mol. The first-order valence-electron chi connectivity index (χ1n) is 4.58. The standard InChI is InChI=1S/C10H17N3/c1-4-11-8-9-6-5-7-10(12-9)13(2)3/h5-7,11H,4,8H2,1-3H3. The fourth-order valence-electron chi connectivity index (χ4n) is 1.07. The van der Waals surface area contributed by atoms with Gasteiger partial charge in [-0.1, -0.05) is 13.0 Å². The lowest BCUT2D eigenvalue weighted by atomic mass is 10.3. The number of rotatable bonds is 4. The topological polar surface area (TPSA) is 28.2 Å². The summed E-state index contributed by atoms with van der Waals surface area (Å²) in [5.41, 5.74) is 1.09. The summed E-state index contributed by atoms with van der Waals surface area (Å²) in [6.45, 7) is 3.92. The Hall–Kier alpha value is -1.09. The summed E-state index contributed by atoms with van der Waals surface area (Å²) in [6.07, 6.45) is 0. The summed E-state index contributed by atoms with van der Waals surface area (Å²) in [7, 11) is 4.00. The van der Waals surface area contributed by atoms with E-state index in [0.29, 0.717) is 0 Å². The van der Waals surface area contributed by atoms with Crippen LogP contribution >= 0.6 is 0 Å². The maximum atomic E-state index is 4.47. The van der Waals surface area contributed by atoms with Crippen molar-refractivity contribution in [1.82, 2.24) is 10.3 Å². The average molecular weight is 179 g/mol. The molecule has 0 fully saturated rings. The molecule has 0 aliphatic heterocycles. The number of aromatic nitrogens is 1. The molecule has 0 aliphatic carbocycles. The van der Waals surface area contributed by atoms with Crippen molar-refractivity contribution in [2.75, 3.05) is 25.5 Å². The molecule has 1 heterocycles. The predicted molar refractivity (Wildman–Crippen MR) is 55.9 cm³/mol. The van der Waals surface area contributed by atoms with Gasteiger partial charge >= 0.3 is 0 Å². The van der Waals surface area contributed by atoms with Crippen LogP contribution in [-0.4, -0.2) is 25.6 Å². The van der Waals surface area contributed by atoms with Gasteiger partial charge in [-0.2, -0.15) is 0 Å². The van der Waals surface area contributed by atoms with E-state index in [4.69, 9.17) is 0 Å². The number of nitrogens with zero attached hydrogens (tertiary/aromatic N) is 2. The first kappa shape index (κ1) is 9.99. The van der Waals surface area contributed by atoms with Gasteiger partial charge in [0.1, 0.15) is 5.82 Å². The zero-order valence-corrected chi connectivity index (χ0v) is 8.54. The average Bonchev–Trinajstić information content (AvgIpc) is 2.15. The van der Waals surface area contributed by atoms with E-state index >= 15 is 0 Å². The Kier molecular flexibility index (Phi) is 3.71. The van der Waals surface area contributed by atoms with Crippen LogP contribution < -0.4 is 10.2 Å². The highest BCUT2D eigenvalue weighted by atomic mass is 15.1. The molecule has 0 radical (unpaired) electrons. The van der Waals surface area contributed by atoms with Gasteiger partial charge in [-0.15, -0.1) is 0 Å². The zero-order chi connectivity index (χ0) is 9.68. The Morgan fingerprint density at radius 2 is 2.15 bits per heavy atom. The van der Waals surface area contributed by atoms with Gasteiger partial charge in [0.2, 0.25) is 0 Å². The lowest BCUT2D eigenvalue weighted by Crippen LogP contribution is -2.15. The molecule has 3 nitrogen and oxygen atoms in total. The maximum Gasteiger partial charge on any atom is 0.128 e. The summed E-state index contributed by atoms with van der Waals surface area (Å²) < 4.78 is 0. The molecule has 0 aromatic carbocycles. The smallest absolute Gasteiger partial charge is 0.128 e. The summed E-state index contributed by atoms with van der Waals surface area (Å²) in [6, 6.07) is 6.08. The molecule has 13 heavy (non-hydrogen) atoms. The van der Waals surface area contributed by atoms with E-state index in [2.05, 4.69) is 17.2 Å². The van der Waals surface area contributed by atoms with Crippen molar-refractivity contribution in [3.63, 3.8) is 0 Å². The van der Waals surface area contributed by atoms with Crippen LogP contribution in [0.5, 0.6) is 0 Å². The third-order valence-corrected chi connectivity index (χ3v) is 1.81. The number of hydrogen-bond acceptors (Lipinski definition) is 3. The van der Waals surface area contributed by atoms with Gasteiger partial charge in [0, 0.05) is 20.6 Å². The van der Waals surface area contributed by atoms with Crippen LogP contribution in [0.4, 0.5) is 5.82 Å². The first-order valence-corrected chi connectivity index (χ1v) is 4.58. The van der Waals surface area contributed by atoms with Crippen LogP contribution in [0.15, 0.2) is 18.2 Å². The van der Waals surface area contributed by atoms with E-state index in [1.807, 2.05) is 37.2 Å². The van der Waals surface area contributed by atoms with Crippen LogP contribution in [0.3, 0.4) is 0 Å². The van der Waals surface area contributed by atoms with E-state index in [-0.39, 0.29) is 0 Å². The minimum Gasteiger partial charge on any atom is -0.363 e. The molecule has 1 N–H and O–H groups in total. The lowest BCUT2D eigenvalue weighted by molar-refractivity contribution is 0.710. The SMILES string of the molecule is CCNCc1cccc(N(C)C)n1. The van der Waals surface area contributed by atoms with Gasteiger partial charge in [0.25, 0.3) is 0 Å². The van der Waals surface area contributed by atoms with Crippen molar-refractivity contribution in [1.29, 1.82) is 0 Å². The molecular weight excluding hydrogens is 162 g/mol. The quantitative estimate of drug-likeness (QED) is 0.754. The Bertz CT molecular complexity index is 258. The summed E-state index contributed by atoms with van der Waals surface area (Å²) in [5, 5.41) is 3.25. The number of nitrogens with one attached hydrogen (secondary N) is 1. The largest absolute Gasteiger partial charge is 0.363 e. The fraction of sp³-hybridized carbons (Fsp3) is 0.500. The van der Waals surface area contributed by atoms with Crippen molar-refractivity contribution < 1.29 is 0 Å². The van der Waals surface area contributed by atoms with E-state index < -0.39 is 0 Å². The Balaban J connectivity index is 2.68. The maximum absolute atomic E-state index is 4.47. The molecule has 0 amide bonds. The van der Waals surface area contributed by atoms with Crippen LogP contribution in [0.25, 0.3) is 0 Å². The molecule has 0 bridgehead atoms. The second kappa shape index (κ2) is 4.82. The van der Waals surface area contributed by atoms with Crippen LogP contribution in [0, 0.1) is 0 Å². The van der Waals surface area contributed by atoms with Gasteiger partial charge in [0.05, 0.1) is 5.69 Å². The van der Waals surface area contributed by atoms with Crippen molar-refractivity contribution >= 4 is 5.82 Å². The van der Waals surface area contributed by atoms with Crippen molar-refractivity contribution in [3.05, 3.63) is 23.9 Å². The summed E-state index contributed by atoms with van der Waals surface area (Å²) in [4.78, 5) is 6.48.